The summed E-state index contributed by atoms with van der Waals surface area (Å²) in [6.07, 6.45) is 5.80. The quantitative estimate of drug-likeness (QED) is 0.759. The van der Waals surface area contributed by atoms with Crippen molar-refractivity contribution in [2.75, 3.05) is 5.32 Å². The summed E-state index contributed by atoms with van der Waals surface area (Å²) in [7, 11) is 0. The van der Waals surface area contributed by atoms with E-state index < -0.39 is 0 Å². The number of nitrogens with zero attached hydrogens (tertiary/aromatic N) is 4. The molecule has 0 bridgehead atoms. The van der Waals surface area contributed by atoms with Gasteiger partial charge in [0.15, 0.2) is 0 Å². The van der Waals surface area contributed by atoms with Crippen LogP contribution in [0.15, 0.2) is 55.0 Å². The maximum absolute atomic E-state index is 4.63. The molecule has 0 saturated heterocycles. The minimum atomic E-state index is -0.0680. The minimum absolute atomic E-state index is 0.0680. The average Bonchev–Trinajstić information content (AvgIpc) is 3.04. The van der Waals surface area contributed by atoms with Gasteiger partial charge >= 0.3 is 0 Å². The number of hydrogen-bond acceptors (Lipinski definition) is 4. The lowest BCUT2D eigenvalue weighted by Gasteiger charge is -2.18. The van der Waals surface area contributed by atoms with Crippen molar-refractivity contribution in [2.45, 2.75) is 45.7 Å². The first-order chi connectivity index (χ1) is 11.9. The first kappa shape index (κ1) is 17.1. The molecule has 1 unspecified atom stereocenters. The van der Waals surface area contributed by atoms with Gasteiger partial charge in [-0.05, 0) is 18.6 Å². The van der Waals surface area contributed by atoms with Crippen molar-refractivity contribution in [1.82, 2.24) is 19.7 Å². The Hall–Kier alpha value is -2.69. The smallest absolute Gasteiger partial charge is 0.135 e. The van der Waals surface area contributed by atoms with Crippen molar-refractivity contribution in [3.05, 3.63) is 71.9 Å². The summed E-state index contributed by atoms with van der Waals surface area (Å²) in [5, 5.41) is 7.92. The van der Waals surface area contributed by atoms with Crippen LogP contribution in [0.25, 0.3) is 0 Å². The first-order valence-electron chi connectivity index (χ1n) is 8.58. The largest absolute Gasteiger partial charge is 0.363 e. The van der Waals surface area contributed by atoms with Gasteiger partial charge in [0.25, 0.3) is 0 Å². The fourth-order valence-electron chi connectivity index (χ4n) is 2.57. The zero-order chi connectivity index (χ0) is 17.9. The second kappa shape index (κ2) is 7.05. The Kier molecular flexibility index (Phi) is 4.83. The Morgan fingerprint density at radius 1 is 1.12 bits per heavy atom. The molecule has 0 amide bonds. The summed E-state index contributed by atoms with van der Waals surface area (Å²) >= 11 is 0. The Balaban J connectivity index is 1.69. The van der Waals surface area contributed by atoms with Crippen molar-refractivity contribution < 1.29 is 0 Å². The molecule has 3 aromatic rings. The van der Waals surface area contributed by atoms with E-state index in [-0.39, 0.29) is 11.5 Å². The van der Waals surface area contributed by atoms with E-state index in [1.165, 1.54) is 5.56 Å². The molecule has 0 saturated carbocycles. The standard InChI is InChI=1S/C20H25N5/c1-15(23-18-10-11-21-19(24-18)20(2,3)4)17-12-22-25(14-17)13-16-8-6-5-7-9-16/h5-12,14-15H,13H2,1-4H3,(H,21,23,24). The molecule has 1 atom stereocenters. The summed E-state index contributed by atoms with van der Waals surface area (Å²) in [5.74, 6) is 1.67. The Labute approximate surface area is 149 Å². The predicted molar refractivity (Wildman–Crippen MR) is 101 cm³/mol. The lowest BCUT2D eigenvalue weighted by molar-refractivity contribution is 0.545. The van der Waals surface area contributed by atoms with Crippen LogP contribution in [0.5, 0.6) is 0 Å². The fraction of sp³-hybridized carbons (Fsp3) is 0.350. The molecule has 2 aromatic heterocycles. The van der Waals surface area contributed by atoms with Crippen LogP contribution in [0.4, 0.5) is 5.82 Å². The maximum Gasteiger partial charge on any atom is 0.135 e. The molecular formula is C20H25N5. The first-order valence-corrected chi connectivity index (χ1v) is 8.58. The summed E-state index contributed by atoms with van der Waals surface area (Å²) in [4.78, 5) is 9.01. The van der Waals surface area contributed by atoms with Gasteiger partial charge in [0.1, 0.15) is 11.6 Å². The summed E-state index contributed by atoms with van der Waals surface area (Å²) < 4.78 is 1.96. The average molecular weight is 335 g/mol. The zero-order valence-corrected chi connectivity index (χ0v) is 15.3. The second-order valence-electron chi connectivity index (χ2n) is 7.34. The van der Waals surface area contributed by atoms with Gasteiger partial charge in [-0.15, -0.1) is 0 Å². The molecule has 2 heterocycles. The van der Waals surface area contributed by atoms with E-state index in [1.807, 2.05) is 41.3 Å². The maximum atomic E-state index is 4.63. The molecule has 0 aliphatic heterocycles. The normalized spacial score (nSPS) is 12.8. The van der Waals surface area contributed by atoms with Crippen LogP contribution >= 0.6 is 0 Å². The number of benzene rings is 1. The number of aromatic nitrogens is 4. The molecule has 0 spiro atoms. The lowest BCUT2D eigenvalue weighted by Crippen LogP contribution is -2.17. The number of rotatable bonds is 5. The Bertz CT molecular complexity index is 817. The molecule has 5 heteroatoms. The molecule has 1 aromatic carbocycles. The minimum Gasteiger partial charge on any atom is -0.363 e. The van der Waals surface area contributed by atoms with E-state index in [0.717, 1.165) is 23.8 Å². The van der Waals surface area contributed by atoms with Crippen LogP contribution in [0.1, 0.15) is 50.7 Å². The SMILES string of the molecule is CC(Nc1ccnc(C(C)(C)C)n1)c1cnn(Cc2ccccc2)c1. The van der Waals surface area contributed by atoms with Crippen molar-refractivity contribution in [2.24, 2.45) is 0 Å². The molecule has 0 aliphatic rings. The van der Waals surface area contributed by atoms with E-state index in [1.54, 1.807) is 0 Å². The predicted octanol–water partition coefficient (Wildman–Crippen LogP) is 4.19. The van der Waals surface area contributed by atoms with Crippen LogP contribution in [0.3, 0.4) is 0 Å². The highest BCUT2D eigenvalue weighted by atomic mass is 15.3. The summed E-state index contributed by atoms with van der Waals surface area (Å²) in [6, 6.07) is 12.4. The Morgan fingerprint density at radius 2 is 1.88 bits per heavy atom. The van der Waals surface area contributed by atoms with Gasteiger partial charge in [0.05, 0.1) is 18.8 Å². The molecule has 0 fully saturated rings. The fourth-order valence-corrected chi connectivity index (χ4v) is 2.57. The Morgan fingerprint density at radius 3 is 2.60 bits per heavy atom. The summed E-state index contributed by atoms with van der Waals surface area (Å²) in [6.45, 7) is 9.23. The number of hydrogen-bond donors (Lipinski definition) is 1. The van der Waals surface area contributed by atoms with Gasteiger partial charge in [-0.3, -0.25) is 4.68 Å². The molecule has 0 aliphatic carbocycles. The lowest BCUT2D eigenvalue weighted by atomic mass is 9.96. The monoisotopic (exact) mass is 335 g/mol. The van der Waals surface area contributed by atoms with E-state index in [0.29, 0.717) is 0 Å². The topological polar surface area (TPSA) is 55.6 Å². The van der Waals surface area contributed by atoms with Gasteiger partial charge in [0, 0.05) is 23.4 Å². The van der Waals surface area contributed by atoms with Crippen LogP contribution in [0, 0.1) is 0 Å². The highest BCUT2D eigenvalue weighted by Crippen LogP contribution is 2.21. The third-order valence-corrected chi connectivity index (χ3v) is 4.03. The highest BCUT2D eigenvalue weighted by Gasteiger charge is 2.18. The van der Waals surface area contributed by atoms with Crippen LogP contribution in [-0.4, -0.2) is 19.7 Å². The molecule has 3 rings (SSSR count). The van der Waals surface area contributed by atoms with Crippen LogP contribution < -0.4 is 5.32 Å². The van der Waals surface area contributed by atoms with Gasteiger partial charge < -0.3 is 5.32 Å². The van der Waals surface area contributed by atoms with Crippen LogP contribution in [-0.2, 0) is 12.0 Å². The molecule has 0 radical (unpaired) electrons. The zero-order valence-electron chi connectivity index (χ0n) is 15.3. The number of anilines is 1. The van der Waals surface area contributed by atoms with Crippen molar-refractivity contribution in [3.8, 4) is 0 Å². The second-order valence-corrected chi connectivity index (χ2v) is 7.34. The number of nitrogens with one attached hydrogen (secondary N) is 1. The summed E-state index contributed by atoms with van der Waals surface area (Å²) in [5.41, 5.74) is 2.30. The molecular weight excluding hydrogens is 310 g/mol. The van der Waals surface area contributed by atoms with E-state index in [2.05, 4.69) is 66.4 Å². The molecule has 5 nitrogen and oxygen atoms in total. The van der Waals surface area contributed by atoms with Crippen LogP contribution in [0.2, 0.25) is 0 Å². The molecule has 25 heavy (non-hydrogen) atoms. The van der Waals surface area contributed by atoms with Crippen molar-refractivity contribution in [1.29, 1.82) is 0 Å². The van der Waals surface area contributed by atoms with E-state index in [4.69, 9.17) is 0 Å². The van der Waals surface area contributed by atoms with Crippen molar-refractivity contribution >= 4 is 5.82 Å². The van der Waals surface area contributed by atoms with E-state index in [9.17, 15) is 0 Å². The molecule has 1 N–H and O–H groups in total. The molecule has 130 valence electrons. The van der Waals surface area contributed by atoms with E-state index >= 15 is 0 Å². The highest BCUT2D eigenvalue weighted by molar-refractivity contribution is 5.37. The third-order valence-electron chi connectivity index (χ3n) is 4.03. The van der Waals surface area contributed by atoms with Gasteiger partial charge in [0.2, 0.25) is 0 Å². The van der Waals surface area contributed by atoms with Crippen molar-refractivity contribution in [3.63, 3.8) is 0 Å². The third kappa shape index (κ3) is 4.44. The van der Waals surface area contributed by atoms with Gasteiger partial charge in [-0.25, -0.2) is 9.97 Å². The van der Waals surface area contributed by atoms with Gasteiger partial charge in [-0.1, -0.05) is 51.1 Å². The van der Waals surface area contributed by atoms with Gasteiger partial charge in [-0.2, -0.15) is 5.10 Å².